The molecule has 25 heavy (non-hydrogen) atoms. The topological polar surface area (TPSA) is 51.2 Å². The highest BCUT2D eigenvalue weighted by Gasteiger charge is 2.15. The second-order valence-corrected chi connectivity index (χ2v) is 6.22. The molecule has 126 valence electrons. The monoisotopic (exact) mass is 350 g/mol. The Morgan fingerprint density at radius 2 is 1.80 bits per heavy atom. The fourth-order valence-corrected chi connectivity index (χ4v) is 3.19. The molecule has 0 aliphatic rings. The van der Waals surface area contributed by atoms with Gasteiger partial charge >= 0.3 is 0 Å². The third-order valence-corrected chi connectivity index (χ3v) is 4.44. The molecule has 1 N–H and O–H groups in total. The number of nitrogens with zero attached hydrogens (tertiary/aromatic N) is 1. The number of ether oxygens (including phenoxy) is 1. The van der Waals surface area contributed by atoms with Crippen molar-refractivity contribution in [1.29, 1.82) is 0 Å². The van der Waals surface area contributed by atoms with Gasteiger partial charge in [-0.05, 0) is 43.3 Å². The van der Waals surface area contributed by atoms with Gasteiger partial charge in [0.25, 0.3) is 5.91 Å². The molecule has 0 spiro atoms. The highest BCUT2D eigenvalue weighted by atomic mass is 32.2. The summed E-state index contributed by atoms with van der Waals surface area (Å²) >= 11 is 1.46. The first kappa shape index (κ1) is 17.0. The maximum absolute atomic E-state index is 12.8. The lowest BCUT2D eigenvalue weighted by atomic mass is 10.2. The molecule has 0 radical (unpaired) electrons. The Morgan fingerprint density at radius 1 is 1.04 bits per heavy atom. The molecule has 0 aliphatic heterocycles. The van der Waals surface area contributed by atoms with Gasteiger partial charge in [0.05, 0.1) is 17.9 Å². The van der Waals surface area contributed by atoms with Gasteiger partial charge in [-0.2, -0.15) is 0 Å². The van der Waals surface area contributed by atoms with Crippen LogP contribution >= 0.6 is 11.8 Å². The summed E-state index contributed by atoms with van der Waals surface area (Å²) < 4.78 is 5.56. The second kappa shape index (κ2) is 8.35. The summed E-state index contributed by atoms with van der Waals surface area (Å²) in [5.41, 5.74) is 1.18. The first-order valence-electron chi connectivity index (χ1n) is 7.99. The average molecular weight is 350 g/mol. The zero-order valence-corrected chi connectivity index (χ0v) is 14.6. The van der Waals surface area contributed by atoms with Gasteiger partial charge in [-0.3, -0.25) is 4.79 Å². The highest BCUT2D eigenvalue weighted by molar-refractivity contribution is 7.99. The van der Waals surface area contributed by atoms with Gasteiger partial charge in [0.1, 0.15) is 10.8 Å². The van der Waals surface area contributed by atoms with Crippen LogP contribution < -0.4 is 10.1 Å². The Morgan fingerprint density at radius 3 is 2.60 bits per heavy atom. The van der Waals surface area contributed by atoms with Crippen molar-refractivity contribution in [2.24, 2.45) is 0 Å². The number of hydrogen-bond acceptors (Lipinski definition) is 4. The van der Waals surface area contributed by atoms with Crippen molar-refractivity contribution < 1.29 is 9.53 Å². The minimum Gasteiger partial charge on any atom is -0.492 e. The predicted octanol–water partition coefficient (Wildman–Crippen LogP) is 4.88. The molecule has 1 aromatic heterocycles. The van der Waals surface area contributed by atoms with Crippen LogP contribution in [0.1, 0.15) is 17.3 Å². The van der Waals surface area contributed by atoms with Crippen molar-refractivity contribution in [1.82, 2.24) is 4.98 Å². The van der Waals surface area contributed by atoms with E-state index in [2.05, 4.69) is 10.3 Å². The number of hydrogen-bond donors (Lipinski definition) is 1. The van der Waals surface area contributed by atoms with E-state index in [1.165, 1.54) is 11.8 Å². The van der Waals surface area contributed by atoms with E-state index in [1.807, 2.05) is 61.5 Å². The van der Waals surface area contributed by atoms with Crippen LogP contribution in [0, 0.1) is 0 Å². The number of pyridine rings is 1. The zero-order chi connectivity index (χ0) is 17.5. The Hall–Kier alpha value is -2.79. The van der Waals surface area contributed by atoms with Crippen LogP contribution in [-0.2, 0) is 0 Å². The smallest absolute Gasteiger partial charge is 0.258 e. The highest BCUT2D eigenvalue weighted by Crippen LogP contribution is 2.30. The quantitative estimate of drug-likeness (QED) is 0.688. The summed E-state index contributed by atoms with van der Waals surface area (Å²) in [6.07, 6.45) is 1.69. The molecule has 0 bridgehead atoms. The molecule has 0 saturated carbocycles. The number of amides is 1. The number of carbonyl (C=O) groups is 1. The van der Waals surface area contributed by atoms with Crippen molar-refractivity contribution in [3.63, 3.8) is 0 Å². The molecule has 2 aromatic carbocycles. The lowest BCUT2D eigenvalue weighted by molar-refractivity contribution is 0.102. The number of aromatic nitrogens is 1. The lowest BCUT2D eigenvalue weighted by Gasteiger charge is -2.12. The van der Waals surface area contributed by atoms with E-state index in [4.69, 9.17) is 4.74 Å². The van der Waals surface area contributed by atoms with E-state index in [1.54, 1.807) is 18.3 Å². The van der Waals surface area contributed by atoms with Crippen LogP contribution in [0.2, 0.25) is 0 Å². The van der Waals surface area contributed by atoms with Gasteiger partial charge in [-0.1, -0.05) is 42.1 Å². The van der Waals surface area contributed by atoms with E-state index in [0.29, 0.717) is 28.6 Å². The summed E-state index contributed by atoms with van der Waals surface area (Å²) in [6, 6.07) is 20.8. The van der Waals surface area contributed by atoms with Gasteiger partial charge < -0.3 is 10.1 Å². The van der Waals surface area contributed by atoms with Gasteiger partial charge in [-0.15, -0.1) is 0 Å². The molecule has 3 rings (SSSR count). The Balaban J connectivity index is 1.83. The molecule has 0 unspecified atom stereocenters. The van der Waals surface area contributed by atoms with Crippen molar-refractivity contribution in [2.45, 2.75) is 16.8 Å². The van der Waals surface area contributed by atoms with Crippen molar-refractivity contribution >= 4 is 23.4 Å². The van der Waals surface area contributed by atoms with Crippen molar-refractivity contribution in [2.75, 3.05) is 11.9 Å². The number of benzene rings is 2. The second-order valence-electron chi connectivity index (χ2n) is 5.15. The zero-order valence-electron chi connectivity index (χ0n) is 13.8. The number of nitrogens with one attached hydrogen (secondary N) is 1. The SMILES string of the molecule is CCOc1ccccc1NC(=O)c1cccnc1Sc1ccccc1. The van der Waals surface area contributed by atoms with Gasteiger partial charge in [0.15, 0.2) is 0 Å². The molecular weight excluding hydrogens is 332 g/mol. The predicted molar refractivity (Wildman–Crippen MR) is 100 cm³/mol. The third-order valence-electron chi connectivity index (χ3n) is 3.41. The molecule has 5 heteroatoms. The van der Waals surface area contributed by atoms with Gasteiger partial charge in [0.2, 0.25) is 0 Å². The first-order valence-corrected chi connectivity index (χ1v) is 8.80. The molecule has 1 heterocycles. The molecule has 0 aliphatic carbocycles. The lowest BCUT2D eigenvalue weighted by Crippen LogP contribution is -2.14. The number of para-hydroxylation sites is 2. The van der Waals surface area contributed by atoms with E-state index in [0.717, 1.165) is 4.90 Å². The molecule has 0 fully saturated rings. The Labute approximate surface area is 151 Å². The molecule has 4 nitrogen and oxygen atoms in total. The third kappa shape index (κ3) is 4.39. The number of rotatable bonds is 6. The first-order chi connectivity index (χ1) is 12.3. The summed E-state index contributed by atoms with van der Waals surface area (Å²) in [5.74, 6) is 0.443. The summed E-state index contributed by atoms with van der Waals surface area (Å²) in [7, 11) is 0. The van der Waals surface area contributed by atoms with Crippen LogP contribution in [0.3, 0.4) is 0 Å². The van der Waals surface area contributed by atoms with Crippen molar-refractivity contribution in [3.05, 3.63) is 78.5 Å². The fourth-order valence-electron chi connectivity index (χ4n) is 2.29. The van der Waals surface area contributed by atoms with Crippen LogP contribution in [-0.4, -0.2) is 17.5 Å². The maximum Gasteiger partial charge on any atom is 0.258 e. The van der Waals surface area contributed by atoms with E-state index < -0.39 is 0 Å². The fraction of sp³-hybridized carbons (Fsp3) is 0.100. The number of anilines is 1. The standard InChI is InChI=1S/C20H18N2O2S/c1-2-24-18-13-7-6-12-17(18)22-19(23)16-11-8-14-21-20(16)25-15-9-4-3-5-10-15/h3-14H,2H2,1H3,(H,22,23). The van der Waals surface area contributed by atoms with Crippen molar-refractivity contribution in [3.8, 4) is 5.75 Å². The molecule has 3 aromatic rings. The summed E-state index contributed by atoms with van der Waals surface area (Å²) in [4.78, 5) is 18.2. The number of carbonyl (C=O) groups excluding carboxylic acids is 1. The molecule has 0 saturated heterocycles. The van der Waals surface area contributed by atoms with Gasteiger partial charge in [0, 0.05) is 11.1 Å². The Bertz CT molecular complexity index is 853. The van der Waals surface area contributed by atoms with Crippen LogP contribution in [0.25, 0.3) is 0 Å². The normalized spacial score (nSPS) is 10.3. The van der Waals surface area contributed by atoms with Crippen LogP contribution in [0.15, 0.2) is 82.8 Å². The molecule has 0 atom stereocenters. The summed E-state index contributed by atoms with van der Waals surface area (Å²) in [5, 5.41) is 3.59. The van der Waals surface area contributed by atoms with E-state index in [-0.39, 0.29) is 5.91 Å². The minimum absolute atomic E-state index is 0.210. The summed E-state index contributed by atoms with van der Waals surface area (Å²) in [6.45, 7) is 2.45. The van der Waals surface area contributed by atoms with Crippen LogP contribution in [0.4, 0.5) is 5.69 Å². The van der Waals surface area contributed by atoms with E-state index >= 15 is 0 Å². The van der Waals surface area contributed by atoms with Gasteiger partial charge in [-0.25, -0.2) is 4.98 Å². The minimum atomic E-state index is -0.210. The average Bonchev–Trinajstić information content (AvgIpc) is 2.65. The molecule has 1 amide bonds. The van der Waals surface area contributed by atoms with E-state index in [9.17, 15) is 4.79 Å². The van der Waals surface area contributed by atoms with Crippen LogP contribution in [0.5, 0.6) is 5.75 Å². The molecular formula is C20H18N2O2S. The maximum atomic E-state index is 12.8. The Kier molecular flexibility index (Phi) is 5.69. The largest absolute Gasteiger partial charge is 0.492 e.